The molecule has 0 atom stereocenters. The minimum atomic E-state index is -1.10. The van der Waals surface area contributed by atoms with Crippen molar-refractivity contribution >= 4 is 11.8 Å². The Morgan fingerprint density at radius 3 is 2.75 bits per heavy atom. The number of nitrogens with zero attached hydrogens (tertiary/aromatic N) is 4. The van der Waals surface area contributed by atoms with Crippen LogP contribution in [0.1, 0.15) is 21.6 Å². The van der Waals surface area contributed by atoms with Gasteiger partial charge in [-0.2, -0.15) is 5.26 Å². The summed E-state index contributed by atoms with van der Waals surface area (Å²) in [6, 6.07) is 12.4. The van der Waals surface area contributed by atoms with Gasteiger partial charge in [0.2, 0.25) is 0 Å². The Morgan fingerprint density at radius 2 is 2.15 bits per heavy atom. The average molecular weight is 268 g/mol. The molecule has 0 bridgehead atoms. The molecule has 1 aromatic heterocycles. The normalized spacial score (nSPS) is 9.80. The largest absolute Gasteiger partial charge is 0.476 e. The predicted octanol–water partition coefficient (Wildman–Crippen LogP) is 1.68. The molecule has 0 aliphatic rings. The Kier molecular flexibility index (Phi) is 3.91. The molecule has 0 spiro atoms. The molecule has 0 aliphatic heterocycles. The Balaban J connectivity index is 2.13. The van der Waals surface area contributed by atoms with Crippen molar-refractivity contribution in [3.05, 3.63) is 53.2 Å². The maximum atomic E-state index is 10.7. The molecular weight excluding hydrogens is 256 g/mol. The molecule has 0 unspecified atom stereocenters. The minimum Gasteiger partial charge on any atom is -0.476 e. The molecule has 0 saturated heterocycles. The fourth-order valence-corrected chi connectivity index (χ4v) is 1.74. The molecule has 0 fully saturated rings. The number of rotatable bonds is 4. The number of hydrogen-bond acceptors (Lipinski definition) is 5. The lowest BCUT2D eigenvalue weighted by atomic mass is 10.1. The van der Waals surface area contributed by atoms with Crippen molar-refractivity contribution in [2.75, 3.05) is 11.9 Å². The van der Waals surface area contributed by atoms with E-state index in [9.17, 15) is 4.79 Å². The minimum absolute atomic E-state index is 0.0892. The summed E-state index contributed by atoms with van der Waals surface area (Å²) in [6.07, 6.45) is 0. The topological polar surface area (TPSA) is 90.1 Å². The third-order valence-corrected chi connectivity index (χ3v) is 2.74. The molecule has 1 heterocycles. The number of carbonyl (C=O) groups is 1. The van der Waals surface area contributed by atoms with Crippen molar-refractivity contribution < 1.29 is 9.90 Å². The molecule has 6 heteroatoms. The zero-order valence-corrected chi connectivity index (χ0v) is 10.8. The molecule has 0 radical (unpaired) electrons. The van der Waals surface area contributed by atoms with Crippen molar-refractivity contribution in [2.45, 2.75) is 6.54 Å². The van der Waals surface area contributed by atoms with Gasteiger partial charge in [0.05, 0.1) is 11.6 Å². The standard InChI is InChI=1S/C14H12N4O2/c1-18(9-11-4-2-3-10(7-11)8-15)13-6-5-12(14(19)20)16-17-13/h2-7H,9H2,1H3,(H,19,20). The molecule has 1 aromatic carbocycles. The summed E-state index contributed by atoms with van der Waals surface area (Å²) in [4.78, 5) is 12.5. The molecule has 1 N–H and O–H groups in total. The lowest BCUT2D eigenvalue weighted by Crippen LogP contribution is -2.18. The second-order valence-corrected chi connectivity index (χ2v) is 4.25. The van der Waals surface area contributed by atoms with Crippen molar-refractivity contribution in [3.8, 4) is 6.07 Å². The number of nitriles is 1. The summed E-state index contributed by atoms with van der Waals surface area (Å²) in [5.41, 5.74) is 1.48. The summed E-state index contributed by atoms with van der Waals surface area (Å²) in [7, 11) is 1.82. The first kappa shape index (κ1) is 13.5. The van der Waals surface area contributed by atoms with E-state index in [1.54, 1.807) is 18.2 Å². The lowest BCUT2D eigenvalue weighted by Gasteiger charge is -2.17. The third kappa shape index (κ3) is 3.09. The highest BCUT2D eigenvalue weighted by Crippen LogP contribution is 2.13. The van der Waals surface area contributed by atoms with Gasteiger partial charge in [-0.3, -0.25) is 0 Å². The second kappa shape index (κ2) is 5.80. The molecule has 2 rings (SSSR count). The molecule has 0 saturated carbocycles. The zero-order valence-electron chi connectivity index (χ0n) is 10.8. The molecule has 0 amide bonds. The molecule has 100 valence electrons. The second-order valence-electron chi connectivity index (χ2n) is 4.25. The first-order valence-corrected chi connectivity index (χ1v) is 5.87. The molecular formula is C14H12N4O2. The summed E-state index contributed by atoms with van der Waals surface area (Å²) in [5.74, 6) is -0.536. The van der Waals surface area contributed by atoms with E-state index < -0.39 is 5.97 Å². The number of carboxylic acids is 1. The van der Waals surface area contributed by atoms with E-state index in [1.807, 2.05) is 24.1 Å². The predicted molar refractivity (Wildman–Crippen MR) is 72.3 cm³/mol. The van der Waals surface area contributed by atoms with Gasteiger partial charge in [-0.15, -0.1) is 10.2 Å². The zero-order chi connectivity index (χ0) is 14.5. The van der Waals surface area contributed by atoms with Gasteiger partial charge < -0.3 is 10.0 Å². The highest BCUT2D eigenvalue weighted by atomic mass is 16.4. The van der Waals surface area contributed by atoms with Gasteiger partial charge >= 0.3 is 5.97 Å². The van der Waals surface area contributed by atoms with Crippen LogP contribution < -0.4 is 4.90 Å². The van der Waals surface area contributed by atoms with Crippen LogP contribution in [0.25, 0.3) is 0 Å². The van der Waals surface area contributed by atoms with E-state index in [-0.39, 0.29) is 5.69 Å². The third-order valence-electron chi connectivity index (χ3n) is 2.74. The maximum Gasteiger partial charge on any atom is 0.356 e. The van der Waals surface area contributed by atoms with Gasteiger partial charge in [0, 0.05) is 13.6 Å². The molecule has 6 nitrogen and oxygen atoms in total. The fourth-order valence-electron chi connectivity index (χ4n) is 1.74. The highest BCUT2D eigenvalue weighted by Gasteiger charge is 2.08. The van der Waals surface area contributed by atoms with Crippen LogP contribution in [0.2, 0.25) is 0 Å². The lowest BCUT2D eigenvalue weighted by molar-refractivity contribution is 0.0689. The number of hydrogen-bond donors (Lipinski definition) is 1. The van der Waals surface area contributed by atoms with Crippen LogP contribution in [0.15, 0.2) is 36.4 Å². The molecule has 2 aromatic rings. The van der Waals surface area contributed by atoms with E-state index in [4.69, 9.17) is 10.4 Å². The smallest absolute Gasteiger partial charge is 0.356 e. The first-order chi connectivity index (χ1) is 9.60. The van der Waals surface area contributed by atoms with Gasteiger partial charge in [0.25, 0.3) is 0 Å². The van der Waals surface area contributed by atoms with Crippen molar-refractivity contribution in [1.82, 2.24) is 10.2 Å². The Morgan fingerprint density at radius 1 is 1.35 bits per heavy atom. The van der Waals surface area contributed by atoms with Gasteiger partial charge in [-0.25, -0.2) is 4.79 Å². The monoisotopic (exact) mass is 268 g/mol. The van der Waals surface area contributed by atoms with Crippen LogP contribution in [0, 0.1) is 11.3 Å². The van der Waals surface area contributed by atoms with Crippen molar-refractivity contribution in [2.24, 2.45) is 0 Å². The number of aromatic carboxylic acids is 1. The first-order valence-electron chi connectivity index (χ1n) is 5.87. The van der Waals surface area contributed by atoms with Crippen LogP contribution >= 0.6 is 0 Å². The van der Waals surface area contributed by atoms with Crippen LogP contribution in [-0.2, 0) is 6.54 Å². The average Bonchev–Trinajstić information content (AvgIpc) is 2.47. The van der Waals surface area contributed by atoms with Gasteiger partial charge in [-0.05, 0) is 29.8 Å². The van der Waals surface area contributed by atoms with Crippen LogP contribution in [0.3, 0.4) is 0 Å². The van der Waals surface area contributed by atoms with Crippen LogP contribution in [0.4, 0.5) is 5.82 Å². The Bertz CT molecular complexity index is 662. The van der Waals surface area contributed by atoms with E-state index >= 15 is 0 Å². The van der Waals surface area contributed by atoms with E-state index in [0.29, 0.717) is 17.9 Å². The number of carboxylic acid groups (broad SMARTS) is 1. The van der Waals surface area contributed by atoms with E-state index in [2.05, 4.69) is 16.3 Å². The van der Waals surface area contributed by atoms with Crippen LogP contribution in [0.5, 0.6) is 0 Å². The quantitative estimate of drug-likeness (QED) is 0.907. The fraction of sp³-hybridized carbons (Fsp3) is 0.143. The molecule has 0 aliphatic carbocycles. The number of benzene rings is 1. The Labute approximate surface area is 115 Å². The number of aromatic nitrogens is 2. The Hall–Kier alpha value is -2.94. The van der Waals surface area contributed by atoms with Gasteiger partial charge in [-0.1, -0.05) is 12.1 Å². The van der Waals surface area contributed by atoms with Gasteiger partial charge in [0.1, 0.15) is 0 Å². The van der Waals surface area contributed by atoms with Crippen LogP contribution in [-0.4, -0.2) is 28.3 Å². The molecule has 20 heavy (non-hydrogen) atoms. The van der Waals surface area contributed by atoms with E-state index in [0.717, 1.165) is 5.56 Å². The van der Waals surface area contributed by atoms with Crippen molar-refractivity contribution in [1.29, 1.82) is 5.26 Å². The van der Waals surface area contributed by atoms with Gasteiger partial charge in [0.15, 0.2) is 11.5 Å². The summed E-state index contributed by atoms with van der Waals surface area (Å²) in [6.45, 7) is 0.552. The van der Waals surface area contributed by atoms with Crippen molar-refractivity contribution in [3.63, 3.8) is 0 Å². The summed E-state index contributed by atoms with van der Waals surface area (Å²) in [5, 5.41) is 25.1. The maximum absolute atomic E-state index is 10.7. The SMILES string of the molecule is CN(Cc1cccc(C#N)c1)c1ccc(C(=O)O)nn1. The van der Waals surface area contributed by atoms with E-state index in [1.165, 1.54) is 6.07 Å². The summed E-state index contributed by atoms with van der Waals surface area (Å²) < 4.78 is 0. The summed E-state index contributed by atoms with van der Waals surface area (Å²) >= 11 is 0. The number of anilines is 1. The highest BCUT2D eigenvalue weighted by molar-refractivity contribution is 5.85.